The Morgan fingerprint density at radius 3 is 2.46 bits per heavy atom. The van der Waals surface area contributed by atoms with Crippen LogP contribution in [0.3, 0.4) is 0 Å². The predicted molar refractivity (Wildman–Crippen MR) is 157 cm³/mol. The minimum atomic E-state index is -0.526. The van der Waals surface area contributed by atoms with Crippen molar-refractivity contribution in [3.05, 3.63) is 60.4 Å². The Hall–Kier alpha value is -4.34. The van der Waals surface area contributed by atoms with Crippen LogP contribution in [0.15, 0.2) is 54.9 Å². The summed E-state index contributed by atoms with van der Waals surface area (Å²) >= 11 is 0. The maximum atomic E-state index is 13.6. The van der Waals surface area contributed by atoms with Gasteiger partial charge in [-0.2, -0.15) is 0 Å². The first-order valence-electron chi connectivity index (χ1n) is 14.0. The van der Waals surface area contributed by atoms with Gasteiger partial charge >= 0.3 is 12.1 Å². The van der Waals surface area contributed by atoms with Crippen LogP contribution >= 0.6 is 0 Å². The Morgan fingerprint density at radius 1 is 0.951 bits per heavy atom. The highest BCUT2D eigenvalue weighted by Gasteiger charge is 2.34. The molecule has 0 unspecified atom stereocenters. The second kappa shape index (κ2) is 11.6. The lowest BCUT2D eigenvalue weighted by Gasteiger charge is -2.34. The minimum absolute atomic E-state index is 0.190. The van der Waals surface area contributed by atoms with Gasteiger partial charge in [-0.15, -0.1) is 0 Å². The summed E-state index contributed by atoms with van der Waals surface area (Å²) in [4.78, 5) is 50.3. The second-order valence-electron chi connectivity index (χ2n) is 11.4. The number of methoxy groups -OCH3 is 1. The summed E-state index contributed by atoms with van der Waals surface area (Å²) in [6, 6.07) is 13.1. The molecule has 3 aromatic rings. The lowest BCUT2D eigenvalue weighted by molar-refractivity contribution is -0.129. The van der Waals surface area contributed by atoms with E-state index in [0.29, 0.717) is 37.6 Å². The average Bonchev–Trinajstić information content (AvgIpc) is 3.21. The molecule has 3 heterocycles. The molecule has 0 aliphatic carbocycles. The Bertz CT molecular complexity index is 1440. The van der Waals surface area contributed by atoms with Crippen LogP contribution in [0, 0.1) is 0 Å². The van der Waals surface area contributed by atoms with E-state index in [-0.39, 0.29) is 31.0 Å². The summed E-state index contributed by atoms with van der Waals surface area (Å²) in [7, 11) is 1.60. The van der Waals surface area contributed by atoms with E-state index >= 15 is 0 Å². The highest BCUT2D eigenvalue weighted by atomic mass is 16.6. The maximum Gasteiger partial charge on any atom is 0.410 e. The number of carbonyl (C=O) groups is 3. The Balaban J connectivity index is 1.33. The smallest absolute Gasteiger partial charge is 0.410 e. The van der Waals surface area contributed by atoms with E-state index in [9.17, 15) is 14.4 Å². The standard InChI is InChI=1S/C31H37N5O5/c1-31(2,3)41-30(39)34-14-5-13-33(16-17-34)24-8-11-26-23(18-24)19-32-20-27(26)35-15-12-28(37)36(29(35)38)21-22-6-9-25(40-4)10-7-22/h6-11,18-20H,5,12-17,21H2,1-4H3. The van der Waals surface area contributed by atoms with Gasteiger partial charge in [0, 0.05) is 61.8 Å². The van der Waals surface area contributed by atoms with E-state index in [0.717, 1.165) is 35.0 Å². The first-order chi connectivity index (χ1) is 19.6. The van der Waals surface area contributed by atoms with Gasteiger partial charge in [0.25, 0.3) is 0 Å². The zero-order valence-electron chi connectivity index (χ0n) is 24.1. The summed E-state index contributed by atoms with van der Waals surface area (Å²) in [6.45, 7) is 8.83. The number of aromatic nitrogens is 1. The Morgan fingerprint density at radius 2 is 1.73 bits per heavy atom. The van der Waals surface area contributed by atoms with Crippen LogP contribution in [0.5, 0.6) is 5.75 Å². The molecule has 2 aliphatic rings. The molecule has 4 amide bonds. The zero-order chi connectivity index (χ0) is 29.1. The fourth-order valence-electron chi connectivity index (χ4n) is 5.23. The van der Waals surface area contributed by atoms with Crippen molar-refractivity contribution in [2.45, 2.75) is 45.8 Å². The molecular formula is C31H37N5O5. The van der Waals surface area contributed by atoms with Gasteiger partial charge in [-0.25, -0.2) is 9.59 Å². The minimum Gasteiger partial charge on any atom is -0.497 e. The third-order valence-electron chi connectivity index (χ3n) is 7.34. The number of urea groups is 1. The van der Waals surface area contributed by atoms with E-state index in [1.165, 1.54) is 4.90 Å². The molecule has 0 atom stereocenters. The highest BCUT2D eigenvalue weighted by molar-refractivity contribution is 6.10. The number of amides is 4. The number of ether oxygens (including phenoxy) is 2. The molecule has 0 spiro atoms. The number of rotatable bonds is 5. The van der Waals surface area contributed by atoms with Gasteiger partial charge in [-0.3, -0.25) is 19.6 Å². The topological polar surface area (TPSA) is 95.5 Å². The number of anilines is 2. The first-order valence-corrected chi connectivity index (χ1v) is 14.0. The first kappa shape index (κ1) is 28.2. The Labute approximate surface area is 240 Å². The van der Waals surface area contributed by atoms with Gasteiger partial charge in [0.15, 0.2) is 0 Å². The molecule has 0 bridgehead atoms. The van der Waals surface area contributed by atoms with Crippen LogP contribution < -0.4 is 14.5 Å². The summed E-state index contributed by atoms with van der Waals surface area (Å²) in [5.41, 5.74) is 2.03. The molecule has 10 nitrogen and oxygen atoms in total. The average molecular weight is 560 g/mol. The van der Waals surface area contributed by atoms with Crippen LogP contribution in [-0.4, -0.2) is 78.2 Å². The molecule has 0 N–H and O–H groups in total. The van der Waals surface area contributed by atoms with Crippen LogP contribution in [-0.2, 0) is 16.1 Å². The van der Waals surface area contributed by atoms with Gasteiger partial charge in [-0.1, -0.05) is 18.2 Å². The predicted octanol–water partition coefficient (Wildman–Crippen LogP) is 5.05. The van der Waals surface area contributed by atoms with Gasteiger partial charge in [0.1, 0.15) is 11.4 Å². The summed E-state index contributed by atoms with van der Waals surface area (Å²) in [5, 5.41) is 1.79. The third kappa shape index (κ3) is 6.37. The fraction of sp³-hybridized carbons (Fsp3) is 0.419. The van der Waals surface area contributed by atoms with Gasteiger partial charge in [0.05, 0.1) is 25.5 Å². The fourth-order valence-corrected chi connectivity index (χ4v) is 5.23. The molecule has 0 saturated carbocycles. The Kier molecular flexibility index (Phi) is 8.01. The van der Waals surface area contributed by atoms with Gasteiger partial charge < -0.3 is 19.3 Å². The van der Waals surface area contributed by atoms with Crippen molar-refractivity contribution >= 4 is 40.2 Å². The van der Waals surface area contributed by atoms with Crippen molar-refractivity contribution in [1.82, 2.24) is 14.8 Å². The summed E-state index contributed by atoms with van der Waals surface area (Å²) in [5.74, 6) is 0.521. The van der Waals surface area contributed by atoms with Crippen LogP contribution in [0.1, 0.15) is 39.2 Å². The van der Waals surface area contributed by atoms with Crippen molar-refractivity contribution in [2.75, 3.05) is 49.6 Å². The lowest BCUT2D eigenvalue weighted by atomic mass is 10.1. The quantitative estimate of drug-likeness (QED) is 0.432. The number of imide groups is 1. The lowest BCUT2D eigenvalue weighted by Crippen LogP contribution is -2.52. The van der Waals surface area contributed by atoms with Crippen LogP contribution in [0.4, 0.5) is 21.0 Å². The molecule has 2 fully saturated rings. The second-order valence-corrected chi connectivity index (χ2v) is 11.4. The number of benzene rings is 2. The maximum absolute atomic E-state index is 13.6. The van der Waals surface area contributed by atoms with E-state index in [1.54, 1.807) is 29.3 Å². The number of hydrogen-bond acceptors (Lipinski definition) is 7. The molecule has 10 heteroatoms. The van der Waals surface area contributed by atoms with E-state index < -0.39 is 5.60 Å². The molecule has 2 aromatic carbocycles. The molecule has 0 radical (unpaired) electrons. The summed E-state index contributed by atoms with van der Waals surface area (Å²) < 4.78 is 10.8. The molecule has 5 rings (SSSR count). The van der Waals surface area contributed by atoms with E-state index in [1.807, 2.05) is 57.2 Å². The van der Waals surface area contributed by atoms with Crippen molar-refractivity contribution in [1.29, 1.82) is 0 Å². The van der Waals surface area contributed by atoms with Gasteiger partial charge in [-0.05, 0) is 57.0 Å². The van der Waals surface area contributed by atoms with Crippen LogP contribution in [0.25, 0.3) is 10.8 Å². The van der Waals surface area contributed by atoms with Crippen molar-refractivity contribution in [3.63, 3.8) is 0 Å². The number of pyridine rings is 1. The largest absolute Gasteiger partial charge is 0.497 e. The number of nitrogens with zero attached hydrogens (tertiary/aromatic N) is 5. The number of fused-ring (bicyclic) bond motifs is 1. The van der Waals surface area contributed by atoms with Crippen molar-refractivity contribution < 1.29 is 23.9 Å². The zero-order valence-corrected chi connectivity index (χ0v) is 24.1. The van der Waals surface area contributed by atoms with E-state index in [2.05, 4.69) is 16.0 Å². The van der Waals surface area contributed by atoms with Crippen molar-refractivity contribution in [3.8, 4) is 5.75 Å². The molecule has 1 aromatic heterocycles. The SMILES string of the molecule is COc1ccc(CN2C(=O)CCN(c3cncc4cc(N5CCCN(C(=O)OC(C)(C)C)CC5)ccc34)C2=O)cc1. The van der Waals surface area contributed by atoms with Crippen LogP contribution in [0.2, 0.25) is 0 Å². The molecule has 2 aliphatic heterocycles. The number of hydrogen-bond donors (Lipinski definition) is 0. The highest BCUT2D eigenvalue weighted by Crippen LogP contribution is 2.32. The molecule has 2 saturated heterocycles. The molecular weight excluding hydrogens is 522 g/mol. The third-order valence-corrected chi connectivity index (χ3v) is 7.34. The molecule has 216 valence electrons. The molecule has 41 heavy (non-hydrogen) atoms. The van der Waals surface area contributed by atoms with Gasteiger partial charge in [0.2, 0.25) is 5.91 Å². The van der Waals surface area contributed by atoms with Crippen molar-refractivity contribution in [2.24, 2.45) is 0 Å². The monoisotopic (exact) mass is 559 g/mol. The normalized spacial score (nSPS) is 16.7. The number of carbonyl (C=O) groups excluding carboxylic acids is 3. The van der Waals surface area contributed by atoms with E-state index in [4.69, 9.17) is 9.47 Å². The summed E-state index contributed by atoms with van der Waals surface area (Å²) in [6.07, 6.45) is 4.26.